The van der Waals surface area contributed by atoms with Crippen molar-refractivity contribution in [2.24, 2.45) is 11.7 Å². The number of nitrogens with two attached hydrogens (primary N) is 2. The molecule has 1 aromatic carbocycles. The van der Waals surface area contributed by atoms with Crippen molar-refractivity contribution in [1.29, 1.82) is 0 Å². The fraction of sp³-hybridized carbons (Fsp3) is 0.385. The molecule has 0 saturated heterocycles. The van der Waals surface area contributed by atoms with Crippen LogP contribution in [0.3, 0.4) is 0 Å². The first kappa shape index (κ1) is 13.2. The molecule has 0 radical (unpaired) electrons. The minimum atomic E-state index is -0.631. The second-order valence-corrected chi connectivity index (χ2v) is 4.90. The van der Waals surface area contributed by atoms with Crippen molar-refractivity contribution in [3.8, 4) is 5.75 Å². The lowest BCUT2D eigenvalue weighted by Crippen LogP contribution is -2.51. The summed E-state index contributed by atoms with van der Waals surface area (Å²) in [6.45, 7) is 3.59. The van der Waals surface area contributed by atoms with E-state index in [0.717, 1.165) is 0 Å². The first-order valence-corrected chi connectivity index (χ1v) is 6.06. The lowest BCUT2D eigenvalue weighted by atomic mass is 10.0. The van der Waals surface area contributed by atoms with Crippen molar-refractivity contribution in [2.45, 2.75) is 20.0 Å². The number of nitrogen functional groups attached to an aromatic ring is 1. The van der Waals surface area contributed by atoms with Gasteiger partial charge in [-0.1, -0.05) is 13.8 Å². The molecule has 6 heteroatoms. The molecule has 1 atom stereocenters. The van der Waals surface area contributed by atoms with E-state index in [1.54, 1.807) is 18.2 Å². The average Bonchev–Trinajstić information content (AvgIpc) is 2.31. The number of anilines is 2. The van der Waals surface area contributed by atoms with Gasteiger partial charge in [-0.05, 0) is 18.1 Å². The number of benzene rings is 1. The molecule has 102 valence electrons. The topological polar surface area (TPSA) is 98.7 Å². The average molecular weight is 263 g/mol. The van der Waals surface area contributed by atoms with Crippen molar-refractivity contribution in [2.75, 3.05) is 17.2 Å². The Kier molecular flexibility index (Phi) is 3.33. The maximum atomic E-state index is 12.3. The van der Waals surface area contributed by atoms with Crippen LogP contribution in [0, 0.1) is 5.92 Å². The number of carbonyl (C=O) groups is 2. The van der Waals surface area contributed by atoms with Gasteiger partial charge in [-0.3, -0.25) is 14.5 Å². The summed E-state index contributed by atoms with van der Waals surface area (Å²) in [6, 6.07) is 4.95. The third-order valence-corrected chi connectivity index (χ3v) is 2.96. The van der Waals surface area contributed by atoms with E-state index < -0.39 is 12.0 Å². The Labute approximate surface area is 111 Å². The molecule has 0 fully saturated rings. The molecule has 1 aliphatic rings. The maximum Gasteiger partial charge on any atom is 0.268 e. The Balaban J connectivity index is 2.46. The number of amides is 2. The van der Waals surface area contributed by atoms with Gasteiger partial charge in [0.25, 0.3) is 5.91 Å². The van der Waals surface area contributed by atoms with E-state index in [0.29, 0.717) is 17.1 Å². The lowest BCUT2D eigenvalue weighted by Gasteiger charge is -2.35. The van der Waals surface area contributed by atoms with Crippen LogP contribution in [0.1, 0.15) is 13.8 Å². The first-order valence-electron chi connectivity index (χ1n) is 6.06. The van der Waals surface area contributed by atoms with E-state index in [9.17, 15) is 9.59 Å². The Morgan fingerprint density at radius 2 is 2.16 bits per heavy atom. The Morgan fingerprint density at radius 1 is 1.47 bits per heavy atom. The van der Waals surface area contributed by atoms with Gasteiger partial charge in [-0.2, -0.15) is 0 Å². The number of hydrogen-bond acceptors (Lipinski definition) is 4. The van der Waals surface area contributed by atoms with Crippen LogP contribution >= 0.6 is 0 Å². The van der Waals surface area contributed by atoms with Crippen LogP contribution in [0.4, 0.5) is 11.4 Å². The highest BCUT2D eigenvalue weighted by Gasteiger charge is 2.36. The van der Waals surface area contributed by atoms with Gasteiger partial charge in [-0.15, -0.1) is 0 Å². The molecule has 0 aliphatic carbocycles. The molecule has 6 nitrogen and oxygen atoms in total. The first-order chi connectivity index (χ1) is 8.90. The second kappa shape index (κ2) is 4.79. The number of rotatable bonds is 3. The van der Waals surface area contributed by atoms with Crippen LogP contribution in [-0.4, -0.2) is 24.5 Å². The molecule has 0 aromatic heterocycles. The van der Waals surface area contributed by atoms with Gasteiger partial charge in [0.05, 0.1) is 5.69 Å². The lowest BCUT2D eigenvalue weighted by molar-refractivity contribution is -0.129. The van der Waals surface area contributed by atoms with Crippen molar-refractivity contribution >= 4 is 23.2 Å². The maximum absolute atomic E-state index is 12.3. The van der Waals surface area contributed by atoms with Crippen LogP contribution in [0.25, 0.3) is 0 Å². The molecule has 4 N–H and O–H groups in total. The largest absolute Gasteiger partial charge is 0.478 e. The third kappa shape index (κ3) is 2.47. The van der Waals surface area contributed by atoms with Gasteiger partial charge in [-0.25, -0.2) is 0 Å². The molecule has 1 aliphatic heterocycles. The van der Waals surface area contributed by atoms with E-state index in [4.69, 9.17) is 16.2 Å². The number of hydrogen-bond donors (Lipinski definition) is 2. The number of ether oxygens (including phenoxy) is 1. The zero-order valence-electron chi connectivity index (χ0n) is 10.9. The number of primary amides is 1. The zero-order chi connectivity index (χ0) is 14.2. The summed E-state index contributed by atoms with van der Waals surface area (Å²) in [5, 5.41) is 0. The second-order valence-electron chi connectivity index (χ2n) is 4.90. The summed E-state index contributed by atoms with van der Waals surface area (Å²) in [5.41, 5.74) is 12.0. The Bertz CT molecular complexity index is 528. The van der Waals surface area contributed by atoms with E-state index in [1.165, 1.54) is 4.90 Å². The SMILES string of the molecule is CC(C)C1Oc2cc(N)ccc2N(CC(N)=O)C1=O. The van der Waals surface area contributed by atoms with Crippen molar-refractivity contribution in [3.63, 3.8) is 0 Å². The molecule has 0 bridgehead atoms. The van der Waals surface area contributed by atoms with Gasteiger partial charge in [0, 0.05) is 11.8 Å². The summed E-state index contributed by atoms with van der Waals surface area (Å²) < 4.78 is 5.67. The number of fused-ring (bicyclic) bond motifs is 1. The van der Waals surface area contributed by atoms with E-state index in [-0.39, 0.29) is 18.4 Å². The van der Waals surface area contributed by atoms with Crippen molar-refractivity contribution in [1.82, 2.24) is 0 Å². The van der Waals surface area contributed by atoms with E-state index in [1.807, 2.05) is 13.8 Å². The third-order valence-electron chi connectivity index (χ3n) is 2.96. The zero-order valence-corrected chi connectivity index (χ0v) is 10.9. The molecule has 1 heterocycles. The standard InChI is InChI=1S/C13H17N3O3/c1-7(2)12-13(18)16(6-11(15)17)9-4-3-8(14)5-10(9)19-12/h3-5,7,12H,6,14H2,1-2H3,(H2,15,17). The van der Waals surface area contributed by atoms with E-state index >= 15 is 0 Å². The molecule has 2 amide bonds. The highest BCUT2D eigenvalue weighted by molar-refractivity contribution is 6.04. The van der Waals surface area contributed by atoms with Crippen LogP contribution < -0.4 is 21.1 Å². The quantitative estimate of drug-likeness (QED) is 0.776. The molecule has 2 rings (SSSR count). The summed E-state index contributed by atoms with van der Waals surface area (Å²) in [7, 11) is 0. The fourth-order valence-corrected chi connectivity index (χ4v) is 2.05. The summed E-state index contributed by atoms with van der Waals surface area (Å²) in [6.07, 6.45) is -0.631. The highest BCUT2D eigenvalue weighted by atomic mass is 16.5. The van der Waals surface area contributed by atoms with E-state index in [2.05, 4.69) is 0 Å². The Hall–Kier alpha value is -2.24. The molecule has 1 unspecified atom stereocenters. The smallest absolute Gasteiger partial charge is 0.268 e. The van der Waals surface area contributed by atoms with Crippen LogP contribution in [0.5, 0.6) is 5.75 Å². The minimum absolute atomic E-state index is 0.0162. The van der Waals surface area contributed by atoms with Gasteiger partial charge < -0.3 is 16.2 Å². The number of carbonyl (C=O) groups excluding carboxylic acids is 2. The molecular weight excluding hydrogens is 246 g/mol. The minimum Gasteiger partial charge on any atom is -0.478 e. The normalized spacial score (nSPS) is 18.2. The monoisotopic (exact) mass is 263 g/mol. The molecule has 0 saturated carbocycles. The Morgan fingerprint density at radius 3 is 2.74 bits per heavy atom. The fourth-order valence-electron chi connectivity index (χ4n) is 2.05. The van der Waals surface area contributed by atoms with Gasteiger partial charge in [0.15, 0.2) is 6.10 Å². The highest BCUT2D eigenvalue weighted by Crippen LogP contribution is 2.36. The van der Waals surface area contributed by atoms with Gasteiger partial charge in [0.2, 0.25) is 5.91 Å². The van der Waals surface area contributed by atoms with Crippen LogP contribution in [-0.2, 0) is 9.59 Å². The molecule has 1 aromatic rings. The number of nitrogens with zero attached hydrogens (tertiary/aromatic N) is 1. The predicted molar refractivity (Wildman–Crippen MR) is 71.7 cm³/mol. The predicted octanol–water partition coefficient (Wildman–Crippen LogP) is 0.504. The molecular formula is C13H17N3O3. The van der Waals surface area contributed by atoms with Crippen LogP contribution in [0.2, 0.25) is 0 Å². The van der Waals surface area contributed by atoms with Gasteiger partial charge >= 0.3 is 0 Å². The molecule has 19 heavy (non-hydrogen) atoms. The summed E-state index contributed by atoms with van der Waals surface area (Å²) in [4.78, 5) is 24.8. The van der Waals surface area contributed by atoms with Crippen molar-refractivity contribution in [3.05, 3.63) is 18.2 Å². The van der Waals surface area contributed by atoms with Crippen LogP contribution in [0.15, 0.2) is 18.2 Å². The van der Waals surface area contributed by atoms with Crippen molar-refractivity contribution < 1.29 is 14.3 Å². The summed E-state index contributed by atoms with van der Waals surface area (Å²) >= 11 is 0. The summed E-state index contributed by atoms with van der Waals surface area (Å²) in [5.74, 6) is -0.344. The molecule has 0 spiro atoms. The van der Waals surface area contributed by atoms with Gasteiger partial charge in [0.1, 0.15) is 12.3 Å².